The van der Waals surface area contributed by atoms with Crippen LogP contribution < -0.4 is 0 Å². The third-order valence-corrected chi connectivity index (χ3v) is 2.58. The Balaban J connectivity index is 2.94. The second kappa shape index (κ2) is 4.89. The maximum atomic E-state index is 13.7. The van der Waals surface area contributed by atoms with E-state index in [0.717, 1.165) is 0 Å². The molecule has 0 amide bonds. The van der Waals surface area contributed by atoms with E-state index in [0.29, 0.717) is 12.1 Å². The monoisotopic (exact) mass is 287 g/mol. The topological polar surface area (TPSA) is 23.8 Å². The van der Waals surface area contributed by atoms with E-state index < -0.39 is 51.6 Å². The molecule has 20 heavy (non-hydrogen) atoms. The highest BCUT2D eigenvalue weighted by Crippen LogP contribution is 2.34. The lowest BCUT2D eigenvalue weighted by Gasteiger charge is -2.10. The molecule has 0 aromatic heterocycles. The van der Waals surface area contributed by atoms with Crippen LogP contribution in [0.1, 0.15) is 5.56 Å². The van der Waals surface area contributed by atoms with Crippen molar-refractivity contribution in [2.24, 2.45) is 0 Å². The number of rotatable bonds is 1. The van der Waals surface area contributed by atoms with Gasteiger partial charge in [-0.1, -0.05) is 0 Å². The second-order valence-corrected chi connectivity index (χ2v) is 3.74. The van der Waals surface area contributed by atoms with Crippen molar-refractivity contribution in [3.63, 3.8) is 0 Å². The van der Waals surface area contributed by atoms with Crippen LogP contribution in [0, 0.1) is 46.2 Å². The fourth-order valence-corrected chi connectivity index (χ4v) is 1.68. The van der Waals surface area contributed by atoms with Gasteiger partial charge in [0.25, 0.3) is 0 Å². The molecule has 1 nitrogen and oxygen atoms in total. The molecule has 0 bridgehead atoms. The summed E-state index contributed by atoms with van der Waals surface area (Å²) in [7, 11) is 0. The van der Waals surface area contributed by atoms with Gasteiger partial charge in [-0.25, -0.2) is 26.3 Å². The molecule has 0 spiro atoms. The molecule has 0 aliphatic carbocycles. The van der Waals surface area contributed by atoms with Gasteiger partial charge < -0.3 is 0 Å². The Morgan fingerprint density at radius 2 is 1.30 bits per heavy atom. The highest BCUT2D eigenvalue weighted by atomic mass is 19.2. The van der Waals surface area contributed by atoms with Crippen LogP contribution >= 0.6 is 0 Å². The lowest BCUT2D eigenvalue weighted by molar-refractivity contribution is 0.446. The van der Waals surface area contributed by atoms with E-state index in [1.165, 1.54) is 6.07 Å². The molecule has 0 N–H and O–H groups in total. The highest BCUT2D eigenvalue weighted by molar-refractivity contribution is 5.72. The van der Waals surface area contributed by atoms with Crippen molar-refractivity contribution in [3.8, 4) is 17.2 Å². The molecule has 0 saturated carbocycles. The Kier molecular flexibility index (Phi) is 3.40. The van der Waals surface area contributed by atoms with Gasteiger partial charge in [0.1, 0.15) is 5.82 Å². The molecule has 7 heteroatoms. The van der Waals surface area contributed by atoms with E-state index in [2.05, 4.69) is 0 Å². The van der Waals surface area contributed by atoms with Crippen molar-refractivity contribution in [1.82, 2.24) is 0 Å². The van der Waals surface area contributed by atoms with Gasteiger partial charge >= 0.3 is 0 Å². The number of nitriles is 1. The Bertz CT molecular complexity index is 748. The lowest BCUT2D eigenvalue weighted by atomic mass is 9.98. The molecular weight excluding hydrogens is 284 g/mol. The molecule has 0 unspecified atom stereocenters. The van der Waals surface area contributed by atoms with Crippen molar-refractivity contribution < 1.29 is 26.3 Å². The Hall–Kier alpha value is -2.49. The van der Waals surface area contributed by atoms with Gasteiger partial charge in [-0.3, -0.25) is 0 Å². The van der Waals surface area contributed by atoms with E-state index in [1.54, 1.807) is 0 Å². The lowest BCUT2D eigenvalue weighted by Crippen LogP contribution is -2.03. The third-order valence-electron chi connectivity index (χ3n) is 2.58. The van der Waals surface area contributed by atoms with Gasteiger partial charge in [0.05, 0.1) is 17.2 Å². The smallest absolute Gasteiger partial charge is 0.195 e. The van der Waals surface area contributed by atoms with E-state index in [-0.39, 0.29) is 6.07 Å². The van der Waals surface area contributed by atoms with Crippen LogP contribution in [0.15, 0.2) is 18.2 Å². The fraction of sp³-hybridized carbons (Fsp3) is 0. The predicted molar refractivity (Wildman–Crippen MR) is 56.3 cm³/mol. The molecule has 0 radical (unpaired) electrons. The first-order valence-corrected chi connectivity index (χ1v) is 5.10. The summed E-state index contributed by atoms with van der Waals surface area (Å²) in [5.41, 5.74) is -3.29. The van der Waals surface area contributed by atoms with Crippen LogP contribution in [0.5, 0.6) is 0 Å². The summed E-state index contributed by atoms with van der Waals surface area (Å²) in [5, 5.41) is 8.73. The summed E-state index contributed by atoms with van der Waals surface area (Å²) < 4.78 is 80.0. The largest absolute Gasteiger partial charge is 0.206 e. The minimum Gasteiger partial charge on any atom is -0.206 e. The zero-order chi connectivity index (χ0) is 15.0. The van der Waals surface area contributed by atoms with Crippen LogP contribution in [0.4, 0.5) is 26.3 Å². The van der Waals surface area contributed by atoms with Gasteiger partial charge in [0.15, 0.2) is 29.1 Å². The summed E-state index contributed by atoms with van der Waals surface area (Å²) in [4.78, 5) is 0. The molecule has 0 saturated heterocycles. The predicted octanol–water partition coefficient (Wildman–Crippen LogP) is 4.06. The van der Waals surface area contributed by atoms with Gasteiger partial charge in [-0.2, -0.15) is 5.26 Å². The zero-order valence-corrected chi connectivity index (χ0v) is 9.45. The molecular formula is C13H3F6N. The van der Waals surface area contributed by atoms with Crippen LogP contribution in [0.2, 0.25) is 0 Å². The molecule has 0 aliphatic rings. The third kappa shape index (κ3) is 1.99. The van der Waals surface area contributed by atoms with Crippen LogP contribution in [-0.4, -0.2) is 0 Å². The maximum absolute atomic E-state index is 13.7. The van der Waals surface area contributed by atoms with Gasteiger partial charge in [-0.15, -0.1) is 0 Å². The van der Waals surface area contributed by atoms with Crippen LogP contribution in [0.25, 0.3) is 11.1 Å². The molecule has 0 atom stereocenters. The SMILES string of the molecule is N#Cc1cc(F)c(F)c(F)c1-c1c(F)ccc(F)c1F. The van der Waals surface area contributed by atoms with Crippen LogP contribution in [-0.2, 0) is 0 Å². The minimum atomic E-state index is -2.01. The number of hydrogen-bond acceptors (Lipinski definition) is 1. The summed E-state index contributed by atoms with van der Waals surface area (Å²) in [6.45, 7) is 0. The van der Waals surface area contributed by atoms with Crippen molar-refractivity contribution in [2.45, 2.75) is 0 Å². The van der Waals surface area contributed by atoms with Crippen LogP contribution in [0.3, 0.4) is 0 Å². The second-order valence-electron chi connectivity index (χ2n) is 3.74. The van der Waals surface area contributed by atoms with Crippen molar-refractivity contribution in [2.75, 3.05) is 0 Å². The minimum absolute atomic E-state index is 0.275. The van der Waals surface area contributed by atoms with E-state index in [1.807, 2.05) is 0 Å². The average Bonchev–Trinajstić information content (AvgIpc) is 2.42. The Morgan fingerprint density at radius 3 is 1.90 bits per heavy atom. The standard InChI is InChI=1S/C13H3F6N/c14-6-1-2-7(15)11(17)10(6)9-5(4-20)3-8(16)12(18)13(9)19/h1-3H. The average molecular weight is 287 g/mol. The molecule has 0 fully saturated rings. The quantitative estimate of drug-likeness (QED) is 0.441. The molecule has 0 heterocycles. The number of nitrogens with zero attached hydrogens (tertiary/aromatic N) is 1. The Labute approximate surface area is 108 Å². The molecule has 2 aromatic carbocycles. The zero-order valence-electron chi connectivity index (χ0n) is 9.45. The van der Waals surface area contributed by atoms with Crippen molar-refractivity contribution in [1.29, 1.82) is 5.26 Å². The maximum Gasteiger partial charge on any atom is 0.195 e. The normalized spacial score (nSPS) is 10.4. The summed E-state index contributed by atoms with van der Waals surface area (Å²) in [6, 6.07) is 2.47. The highest BCUT2D eigenvalue weighted by Gasteiger charge is 2.26. The van der Waals surface area contributed by atoms with Crippen molar-refractivity contribution >= 4 is 0 Å². The molecule has 0 aliphatic heterocycles. The van der Waals surface area contributed by atoms with Crippen molar-refractivity contribution in [3.05, 3.63) is 58.7 Å². The summed E-state index contributed by atoms with van der Waals surface area (Å²) >= 11 is 0. The van der Waals surface area contributed by atoms with Gasteiger partial charge in [0, 0.05) is 5.56 Å². The van der Waals surface area contributed by atoms with E-state index in [4.69, 9.17) is 5.26 Å². The van der Waals surface area contributed by atoms with Gasteiger partial charge in [0.2, 0.25) is 0 Å². The summed E-state index contributed by atoms with van der Waals surface area (Å²) in [6.07, 6.45) is 0. The van der Waals surface area contributed by atoms with E-state index in [9.17, 15) is 26.3 Å². The number of halogens is 6. The first-order valence-electron chi connectivity index (χ1n) is 5.10. The number of benzene rings is 2. The Morgan fingerprint density at radius 1 is 0.700 bits per heavy atom. The molecule has 102 valence electrons. The first kappa shape index (κ1) is 13.9. The van der Waals surface area contributed by atoms with Gasteiger partial charge in [-0.05, 0) is 18.2 Å². The molecule has 2 aromatic rings. The first-order chi connectivity index (χ1) is 9.38. The number of hydrogen-bond donors (Lipinski definition) is 0. The fourth-order valence-electron chi connectivity index (χ4n) is 1.68. The summed E-state index contributed by atoms with van der Waals surface area (Å²) in [5.74, 6) is -10.4. The van der Waals surface area contributed by atoms with E-state index >= 15 is 0 Å². The molecule has 2 rings (SSSR count).